The number of aliphatic hydroxyl groups is 1. The van der Waals surface area contributed by atoms with Gasteiger partial charge in [0.2, 0.25) is 0 Å². The van der Waals surface area contributed by atoms with E-state index in [-0.39, 0.29) is 12.1 Å². The van der Waals surface area contributed by atoms with Crippen molar-refractivity contribution >= 4 is 16.7 Å². The number of nitrogen functional groups attached to an aromatic ring is 1. The summed E-state index contributed by atoms with van der Waals surface area (Å²) in [7, 11) is 0. The van der Waals surface area contributed by atoms with Crippen LogP contribution >= 0.6 is 0 Å². The fourth-order valence-corrected chi connectivity index (χ4v) is 2.51. The minimum atomic E-state index is -0.101. The number of aryl methyl sites for hydroxylation is 1. The Morgan fingerprint density at radius 2 is 2.24 bits per heavy atom. The zero-order chi connectivity index (χ0) is 12.0. The van der Waals surface area contributed by atoms with Gasteiger partial charge < -0.3 is 15.4 Å². The van der Waals surface area contributed by atoms with Crippen LogP contribution in [0.3, 0.4) is 0 Å². The van der Waals surface area contributed by atoms with Crippen molar-refractivity contribution < 1.29 is 5.11 Å². The number of aliphatic hydroxyl groups excluding tert-OH is 1. The van der Waals surface area contributed by atoms with E-state index in [4.69, 9.17) is 5.73 Å². The van der Waals surface area contributed by atoms with Gasteiger partial charge in [0.15, 0.2) is 0 Å². The average molecular weight is 231 g/mol. The number of imidazole rings is 1. The second-order valence-electron chi connectivity index (χ2n) is 4.85. The predicted molar refractivity (Wildman–Crippen MR) is 67.8 cm³/mol. The molecular weight excluding hydrogens is 214 g/mol. The first kappa shape index (κ1) is 10.6. The Morgan fingerprint density at radius 3 is 2.82 bits per heavy atom. The van der Waals surface area contributed by atoms with Crippen molar-refractivity contribution in [2.75, 3.05) is 12.3 Å². The molecule has 3 N–H and O–H groups in total. The van der Waals surface area contributed by atoms with Gasteiger partial charge >= 0.3 is 0 Å². The molecule has 90 valence electrons. The molecule has 0 radical (unpaired) electrons. The Kier molecular flexibility index (Phi) is 2.16. The maximum Gasteiger partial charge on any atom is 0.110 e. The molecule has 1 aliphatic rings. The van der Waals surface area contributed by atoms with Crippen LogP contribution in [0.4, 0.5) is 5.69 Å². The quantitative estimate of drug-likeness (QED) is 0.790. The van der Waals surface area contributed by atoms with Gasteiger partial charge in [0.05, 0.1) is 23.2 Å². The molecule has 0 atom stereocenters. The summed E-state index contributed by atoms with van der Waals surface area (Å²) in [5.41, 5.74) is 8.43. The lowest BCUT2D eigenvalue weighted by Gasteiger charge is -2.18. The van der Waals surface area contributed by atoms with E-state index in [1.165, 1.54) is 0 Å². The summed E-state index contributed by atoms with van der Waals surface area (Å²) in [4.78, 5) is 4.62. The summed E-state index contributed by atoms with van der Waals surface area (Å²) in [6.45, 7) is 2.28. The van der Waals surface area contributed by atoms with Gasteiger partial charge in [0.1, 0.15) is 5.82 Å². The highest BCUT2D eigenvalue weighted by molar-refractivity contribution is 5.80. The van der Waals surface area contributed by atoms with Crippen molar-refractivity contribution in [3.05, 3.63) is 24.0 Å². The highest BCUT2D eigenvalue weighted by Crippen LogP contribution is 2.45. The van der Waals surface area contributed by atoms with Crippen LogP contribution in [0.15, 0.2) is 18.2 Å². The van der Waals surface area contributed by atoms with Crippen LogP contribution in [0, 0.1) is 0 Å². The third-order valence-electron chi connectivity index (χ3n) is 3.66. The van der Waals surface area contributed by atoms with Crippen LogP contribution in [-0.2, 0) is 12.0 Å². The summed E-state index contributed by atoms with van der Waals surface area (Å²) in [6.07, 6.45) is 2.94. The number of nitrogens with two attached hydrogens (primary N) is 1. The largest absolute Gasteiger partial charge is 0.399 e. The van der Waals surface area contributed by atoms with Crippen LogP contribution in [0.5, 0.6) is 0 Å². The van der Waals surface area contributed by atoms with E-state index in [9.17, 15) is 5.11 Å². The lowest BCUT2D eigenvalue weighted by molar-refractivity contribution is 0.213. The van der Waals surface area contributed by atoms with Crippen molar-refractivity contribution in [3.63, 3.8) is 0 Å². The van der Waals surface area contributed by atoms with Gasteiger partial charge in [-0.05, 0) is 31.0 Å². The molecule has 0 saturated heterocycles. The van der Waals surface area contributed by atoms with E-state index < -0.39 is 0 Å². The number of aromatic nitrogens is 2. The molecule has 1 saturated carbocycles. The number of hydrogen-bond acceptors (Lipinski definition) is 3. The Balaban J connectivity index is 2.27. The summed E-state index contributed by atoms with van der Waals surface area (Å²) >= 11 is 0. The fourth-order valence-electron chi connectivity index (χ4n) is 2.51. The third-order valence-corrected chi connectivity index (χ3v) is 3.66. The maximum atomic E-state index is 9.59. The summed E-state index contributed by atoms with van der Waals surface area (Å²) < 4.78 is 2.21. The zero-order valence-corrected chi connectivity index (χ0v) is 9.98. The molecule has 2 aromatic rings. The standard InChI is InChI=1S/C13H17N3O/c1-2-12-15-10-7-9(14)3-4-11(10)16(12)13(8-17)5-6-13/h3-4,7,17H,2,5-6,8,14H2,1H3. The topological polar surface area (TPSA) is 64.1 Å². The van der Waals surface area contributed by atoms with Crippen LogP contribution in [0.25, 0.3) is 11.0 Å². The highest BCUT2D eigenvalue weighted by atomic mass is 16.3. The summed E-state index contributed by atoms with van der Waals surface area (Å²) in [6, 6.07) is 5.80. The molecule has 0 aliphatic heterocycles. The molecule has 1 aliphatic carbocycles. The Labute approximate surface area is 100 Å². The van der Waals surface area contributed by atoms with Crippen molar-refractivity contribution in [1.29, 1.82) is 0 Å². The van der Waals surface area contributed by atoms with E-state index in [1.54, 1.807) is 0 Å². The van der Waals surface area contributed by atoms with Crippen molar-refractivity contribution in [1.82, 2.24) is 9.55 Å². The summed E-state index contributed by atoms with van der Waals surface area (Å²) in [5.74, 6) is 1.04. The smallest absolute Gasteiger partial charge is 0.110 e. The molecule has 1 heterocycles. The first-order valence-corrected chi connectivity index (χ1v) is 6.08. The van der Waals surface area contributed by atoms with Crippen molar-refractivity contribution in [2.45, 2.75) is 31.7 Å². The van der Waals surface area contributed by atoms with E-state index in [2.05, 4.69) is 16.5 Å². The van der Waals surface area contributed by atoms with E-state index in [0.29, 0.717) is 0 Å². The van der Waals surface area contributed by atoms with Crippen molar-refractivity contribution in [2.24, 2.45) is 0 Å². The highest BCUT2D eigenvalue weighted by Gasteiger charge is 2.45. The molecule has 4 nitrogen and oxygen atoms in total. The van der Waals surface area contributed by atoms with Crippen LogP contribution in [0.2, 0.25) is 0 Å². The number of anilines is 1. The van der Waals surface area contributed by atoms with Crippen LogP contribution < -0.4 is 5.73 Å². The van der Waals surface area contributed by atoms with Gasteiger partial charge in [0, 0.05) is 12.1 Å². The Hall–Kier alpha value is -1.55. The first-order valence-electron chi connectivity index (χ1n) is 6.08. The zero-order valence-electron chi connectivity index (χ0n) is 9.98. The van der Waals surface area contributed by atoms with Gasteiger partial charge in [-0.15, -0.1) is 0 Å². The number of fused-ring (bicyclic) bond motifs is 1. The van der Waals surface area contributed by atoms with E-state index in [1.807, 2.05) is 18.2 Å². The normalized spacial score (nSPS) is 17.5. The van der Waals surface area contributed by atoms with Crippen LogP contribution in [0.1, 0.15) is 25.6 Å². The summed E-state index contributed by atoms with van der Waals surface area (Å²) in [5, 5.41) is 9.59. The van der Waals surface area contributed by atoms with Gasteiger partial charge in [-0.1, -0.05) is 6.92 Å². The number of rotatable bonds is 3. The molecule has 4 heteroatoms. The molecule has 17 heavy (non-hydrogen) atoms. The Morgan fingerprint density at radius 1 is 1.47 bits per heavy atom. The lowest BCUT2D eigenvalue weighted by Crippen LogP contribution is -2.23. The maximum absolute atomic E-state index is 9.59. The Bertz CT molecular complexity index is 569. The minimum absolute atomic E-state index is 0.101. The second-order valence-corrected chi connectivity index (χ2v) is 4.85. The van der Waals surface area contributed by atoms with E-state index >= 15 is 0 Å². The number of benzene rings is 1. The molecule has 0 spiro atoms. The molecule has 1 aromatic carbocycles. The fraction of sp³-hybridized carbons (Fsp3) is 0.462. The number of hydrogen-bond donors (Lipinski definition) is 2. The first-order chi connectivity index (χ1) is 8.20. The molecular formula is C13H17N3O. The van der Waals surface area contributed by atoms with Gasteiger partial charge in [0.25, 0.3) is 0 Å². The minimum Gasteiger partial charge on any atom is -0.399 e. The molecule has 0 unspecified atom stereocenters. The van der Waals surface area contributed by atoms with Gasteiger partial charge in [-0.2, -0.15) is 0 Å². The molecule has 3 rings (SSSR count). The third kappa shape index (κ3) is 1.44. The second kappa shape index (κ2) is 3.47. The molecule has 1 fully saturated rings. The SMILES string of the molecule is CCc1nc2cc(N)ccc2n1C1(CO)CC1. The molecule has 0 amide bonds. The number of nitrogens with zero attached hydrogens (tertiary/aromatic N) is 2. The lowest BCUT2D eigenvalue weighted by atomic mass is 10.2. The van der Waals surface area contributed by atoms with Gasteiger partial charge in [-0.25, -0.2) is 4.98 Å². The average Bonchev–Trinajstić information content (AvgIpc) is 3.04. The van der Waals surface area contributed by atoms with Crippen molar-refractivity contribution in [3.8, 4) is 0 Å². The van der Waals surface area contributed by atoms with Crippen LogP contribution in [-0.4, -0.2) is 21.3 Å². The monoisotopic (exact) mass is 231 g/mol. The van der Waals surface area contributed by atoms with E-state index in [0.717, 1.165) is 41.8 Å². The molecule has 0 bridgehead atoms. The van der Waals surface area contributed by atoms with Gasteiger partial charge in [-0.3, -0.25) is 0 Å². The molecule has 1 aromatic heterocycles. The predicted octanol–water partition coefficient (Wildman–Crippen LogP) is 1.66.